The van der Waals surface area contributed by atoms with Gasteiger partial charge in [0.05, 0.1) is 0 Å². The van der Waals surface area contributed by atoms with E-state index in [4.69, 9.17) is 0 Å². The number of allylic oxidation sites excluding steroid dienone is 6. The minimum Gasteiger partial charge on any atom is -0.311 e. The molecule has 8 aromatic carbocycles. The van der Waals surface area contributed by atoms with Crippen LogP contribution in [-0.2, 0) is 0 Å². The van der Waals surface area contributed by atoms with Crippen LogP contribution < -0.4 is 9.80 Å². The second-order valence-electron chi connectivity index (χ2n) is 15.6. The third-order valence-corrected chi connectivity index (χ3v) is 11.7. The van der Waals surface area contributed by atoms with Gasteiger partial charge in [-0.15, -0.1) is 0 Å². The summed E-state index contributed by atoms with van der Waals surface area (Å²) in [5.41, 5.74) is 14.3. The molecule has 0 bridgehead atoms. The van der Waals surface area contributed by atoms with Crippen molar-refractivity contribution in [2.24, 2.45) is 0 Å². The number of hydrogen-bond acceptors (Lipinski definition) is 2. The summed E-state index contributed by atoms with van der Waals surface area (Å²) in [6, 6.07) is 66.2. The molecule has 0 atom stereocenters. The fraction of sp³-hybridized carbons (Fsp3) is 0.0690. The molecule has 2 nitrogen and oxygen atoms in total. The SMILES string of the molecule is C1=CC(N(c2ccc(/C=C/c3ccc(N(C4=CCCC=C4)c4ccc(-c5cccc6ccccc56)cc4)cc3)cc2)c2ccc(-c3cccc4ccccc34)cc2)=CCC1. The molecule has 0 aromatic heterocycles. The van der Waals surface area contributed by atoms with E-state index in [1.807, 2.05) is 0 Å². The number of fused-ring (bicyclic) bond motifs is 2. The molecule has 0 fully saturated rings. The Morgan fingerprint density at radius 1 is 0.333 bits per heavy atom. The average molecular weight is 771 g/mol. The second-order valence-corrected chi connectivity index (χ2v) is 15.6. The molecule has 2 aliphatic carbocycles. The number of nitrogens with zero attached hydrogens (tertiary/aromatic N) is 2. The molecule has 0 spiro atoms. The predicted molar refractivity (Wildman–Crippen MR) is 258 cm³/mol. The Balaban J connectivity index is 0.882. The number of benzene rings is 8. The minimum atomic E-state index is 1.04. The normalized spacial score (nSPS) is 13.7. The van der Waals surface area contributed by atoms with Gasteiger partial charge in [0.1, 0.15) is 0 Å². The maximum Gasteiger partial charge on any atom is 0.0461 e. The van der Waals surface area contributed by atoms with Gasteiger partial charge in [0.2, 0.25) is 0 Å². The van der Waals surface area contributed by atoms with Crippen molar-refractivity contribution in [2.45, 2.75) is 25.7 Å². The highest BCUT2D eigenvalue weighted by Gasteiger charge is 2.17. The van der Waals surface area contributed by atoms with Gasteiger partial charge in [0.15, 0.2) is 0 Å². The monoisotopic (exact) mass is 770 g/mol. The van der Waals surface area contributed by atoms with Crippen LogP contribution in [0, 0.1) is 0 Å². The molecule has 0 radical (unpaired) electrons. The number of anilines is 4. The van der Waals surface area contributed by atoms with Crippen LogP contribution in [0.15, 0.2) is 230 Å². The van der Waals surface area contributed by atoms with E-state index in [2.05, 4.69) is 240 Å². The highest BCUT2D eigenvalue weighted by Crippen LogP contribution is 2.38. The maximum atomic E-state index is 2.37. The zero-order valence-electron chi connectivity index (χ0n) is 33.7. The molecule has 60 heavy (non-hydrogen) atoms. The molecule has 288 valence electrons. The average Bonchev–Trinajstić information content (AvgIpc) is 3.33. The standard InChI is InChI=1S/C58H46N2/c1-3-17-49(18-4-1)59(53-39-31-47(32-40-53)57-23-11-15-45-13-7-9-21-55(45)57)51-35-27-43(28-36-51)25-26-44-29-37-52(38-30-44)60(50-19-5-2-6-20-50)54-41-33-48(34-42-54)58-24-12-16-46-14-8-10-22-56(46)58/h3,5,7-42H,1-2,4,6H2/b26-25+. The zero-order chi connectivity index (χ0) is 40.1. The van der Waals surface area contributed by atoms with Crippen molar-refractivity contribution in [2.75, 3.05) is 9.80 Å². The summed E-state index contributed by atoms with van der Waals surface area (Å²) in [5.74, 6) is 0. The summed E-state index contributed by atoms with van der Waals surface area (Å²) >= 11 is 0. The minimum absolute atomic E-state index is 1.04. The molecular formula is C58H46N2. The maximum absolute atomic E-state index is 2.37. The van der Waals surface area contributed by atoms with Crippen LogP contribution in [0.5, 0.6) is 0 Å². The first-order valence-electron chi connectivity index (χ1n) is 21.1. The van der Waals surface area contributed by atoms with E-state index < -0.39 is 0 Å². The Bertz CT molecular complexity index is 2730. The van der Waals surface area contributed by atoms with Gasteiger partial charge in [-0.3, -0.25) is 0 Å². The summed E-state index contributed by atoms with van der Waals surface area (Å²) < 4.78 is 0. The smallest absolute Gasteiger partial charge is 0.0461 e. The topological polar surface area (TPSA) is 6.48 Å². The summed E-state index contributed by atoms with van der Waals surface area (Å²) in [5, 5.41) is 5.07. The van der Waals surface area contributed by atoms with Crippen LogP contribution in [0.4, 0.5) is 22.7 Å². The summed E-state index contributed by atoms with van der Waals surface area (Å²) in [6.07, 6.45) is 22.4. The molecule has 0 N–H and O–H groups in total. The Morgan fingerprint density at radius 3 is 1.08 bits per heavy atom. The van der Waals surface area contributed by atoms with Gasteiger partial charge in [0.25, 0.3) is 0 Å². The van der Waals surface area contributed by atoms with Crippen LogP contribution in [0.25, 0.3) is 56.0 Å². The van der Waals surface area contributed by atoms with Crippen LogP contribution >= 0.6 is 0 Å². The first kappa shape index (κ1) is 36.9. The number of hydrogen-bond donors (Lipinski definition) is 0. The van der Waals surface area contributed by atoms with Crippen molar-refractivity contribution in [1.82, 2.24) is 0 Å². The van der Waals surface area contributed by atoms with Crippen LogP contribution in [0.2, 0.25) is 0 Å². The molecule has 2 aliphatic rings. The fourth-order valence-corrected chi connectivity index (χ4v) is 8.62. The van der Waals surface area contributed by atoms with E-state index in [9.17, 15) is 0 Å². The molecule has 2 heteroatoms. The van der Waals surface area contributed by atoms with Gasteiger partial charge in [-0.2, -0.15) is 0 Å². The molecule has 10 rings (SSSR count). The Hall–Kier alpha value is -7.42. The molecule has 0 saturated carbocycles. The number of rotatable bonds is 10. The fourth-order valence-electron chi connectivity index (χ4n) is 8.62. The molecule has 8 aromatic rings. The highest BCUT2D eigenvalue weighted by atomic mass is 15.2. The van der Waals surface area contributed by atoms with Gasteiger partial charge < -0.3 is 9.80 Å². The van der Waals surface area contributed by atoms with E-state index in [0.717, 1.165) is 59.6 Å². The van der Waals surface area contributed by atoms with Crippen molar-refractivity contribution in [3.63, 3.8) is 0 Å². The van der Waals surface area contributed by atoms with Crippen molar-refractivity contribution in [1.29, 1.82) is 0 Å². The third-order valence-electron chi connectivity index (χ3n) is 11.7. The van der Waals surface area contributed by atoms with Gasteiger partial charge in [-0.05, 0) is 141 Å². The van der Waals surface area contributed by atoms with E-state index >= 15 is 0 Å². The summed E-state index contributed by atoms with van der Waals surface area (Å²) in [7, 11) is 0. The van der Waals surface area contributed by atoms with E-state index in [1.54, 1.807) is 0 Å². The summed E-state index contributed by atoms with van der Waals surface area (Å²) in [4.78, 5) is 4.74. The first-order valence-corrected chi connectivity index (χ1v) is 21.1. The molecule has 0 aliphatic heterocycles. The van der Waals surface area contributed by atoms with Gasteiger partial charge in [0, 0.05) is 34.1 Å². The lowest BCUT2D eigenvalue weighted by atomic mass is 9.98. The predicted octanol–water partition coefficient (Wildman–Crippen LogP) is 16.2. The van der Waals surface area contributed by atoms with Gasteiger partial charge >= 0.3 is 0 Å². The Morgan fingerprint density at radius 2 is 0.700 bits per heavy atom. The lowest BCUT2D eigenvalue weighted by Gasteiger charge is -2.28. The van der Waals surface area contributed by atoms with Crippen LogP contribution in [0.1, 0.15) is 36.8 Å². The van der Waals surface area contributed by atoms with Gasteiger partial charge in [-0.25, -0.2) is 0 Å². The van der Waals surface area contributed by atoms with Crippen molar-refractivity contribution >= 4 is 56.4 Å². The summed E-state index contributed by atoms with van der Waals surface area (Å²) in [6.45, 7) is 0. The van der Waals surface area contributed by atoms with Gasteiger partial charge in [-0.1, -0.05) is 170 Å². The Labute approximate surface area is 353 Å². The lowest BCUT2D eigenvalue weighted by molar-refractivity contribution is 0.997. The second kappa shape index (κ2) is 16.8. The highest BCUT2D eigenvalue weighted by molar-refractivity contribution is 5.98. The molecule has 0 heterocycles. The lowest BCUT2D eigenvalue weighted by Crippen LogP contribution is -2.16. The molecule has 0 unspecified atom stereocenters. The quantitative estimate of drug-likeness (QED) is 0.128. The van der Waals surface area contributed by atoms with E-state index in [1.165, 1.54) is 55.2 Å². The molecular weight excluding hydrogens is 725 g/mol. The van der Waals surface area contributed by atoms with Crippen molar-refractivity contribution in [3.05, 3.63) is 241 Å². The van der Waals surface area contributed by atoms with Crippen molar-refractivity contribution in [3.8, 4) is 22.3 Å². The zero-order valence-corrected chi connectivity index (χ0v) is 33.7. The third kappa shape index (κ3) is 7.64. The van der Waals surface area contributed by atoms with E-state index in [-0.39, 0.29) is 0 Å². The first-order chi connectivity index (χ1) is 29.7. The van der Waals surface area contributed by atoms with Crippen LogP contribution in [0.3, 0.4) is 0 Å². The van der Waals surface area contributed by atoms with Crippen molar-refractivity contribution < 1.29 is 0 Å². The van der Waals surface area contributed by atoms with E-state index in [0.29, 0.717) is 0 Å². The Kier molecular flexibility index (Phi) is 10.3. The largest absolute Gasteiger partial charge is 0.311 e. The van der Waals surface area contributed by atoms with Crippen LogP contribution in [-0.4, -0.2) is 0 Å². The molecule has 0 saturated heterocycles. The molecule has 0 amide bonds.